The number of aliphatic hydroxyl groups is 1. The van der Waals surface area contributed by atoms with Gasteiger partial charge in [0.2, 0.25) is 0 Å². The van der Waals surface area contributed by atoms with Crippen molar-refractivity contribution in [2.45, 2.75) is 13.3 Å². The van der Waals surface area contributed by atoms with Gasteiger partial charge in [-0.25, -0.2) is 0 Å². The van der Waals surface area contributed by atoms with E-state index in [9.17, 15) is 0 Å². The maximum atomic E-state index is 9.14. The van der Waals surface area contributed by atoms with Crippen LogP contribution in [0, 0.1) is 0 Å². The van der Waals surface area contributed by atoms with Gasteiger partial charge in [0.15, 0.2) is 0 Å². The Balaban J connectivity index is 2.99. The molecule has 0 saturated heterocycles. The van der Waals surface area contributed by atoms with E-state index in [1.807, 2.05) is 6.08 Å². The Morgan fingerprint density at radius 1 is 1.70 bits per heavy atom. The molecule has 0 aliphatic heterocycles. The molecule has 0 aromatic carbocycles. The fourth-order valence-corrected chi connectivity index (χ4v) is 0.858. The van der Waals surface area contributed by atoms with Crippen LogP contribution in [0.2, 0.25) is 0 Å². The van der Waals surface area contributed by atoms with E-state index in [-0.39, 0.29) is 5.76 Å². The molecule has 1 aliphatic carbocycles. The highest BCUT2D eigenvalue weighted by Gasteiger charge is 2.08. The Labute approximate surface area is 59.5 Å². The van der Waals surface area contributed by atoms with Gasteiger partial charge in [0.25, 0.3) is 0 Å². The summed E-state index contributed by atoms with van der Waals surface area (Å²) in [6.45, 7) is 1.80. The molecule has 0 amide bonds. The van der Waals surface area contributed by atoms with E-state index < -0.39 is 0 Å². The number of nitrogens with zero attached hydrogens (tertiary/aromatic N) is 1. The van der Waals surface area contributed by atoms with E-state index in [1.165, 1.54) is 0 Å². The molecule has 3 nitrogen and oxygen atoms in total. The van der Waals surface area contributed by atoms with Gasteiger partial charge in [0, 0.05) is 12.0 Å². The number of allylic oxidation sites excluding steroid dienone is 3. The van der Waals surface area contributed by atoms with Gasteiger partial charge >= 0.3 is 0 Å². The van der Waals surface area contributed by atoms with Crippen LogP contribution >= 0.6 is 0 Å². The van der Waals surface area contributed by atoms with Crippen molar-refractivity contribution in [3.63, 3.8) is 0 Å². The first-order valence-corrected chi connectivity index (χ1v) is 3.09. The number of rotatable bonds is 0. The number of aliphatic hydroxyl groups excluding tert-OH is 1. The molecular formula is C7H10N2O. The zero-order valence-electron chi connectivity index (χ0n) is 5.83. The summed E-state index contributed by atoms with van der Waals surface area (Å²) >= 11 is 0. The summed E-state index contributed by atoms with van der Waals surface area (Å²) in [5.74, 6) is 5.32. The van der Waals surface area contributed by atoms with E-state index >= 15 is 0 Å². The average Bonchev–Trinajstić information content (AvgIpc) is 1.95. The third-order valence-corrected chi connectivity index (χ3v) is 1.56. The molecule has 1 rings (SSSR count). The molecule has 0 spiro atoms. The van der Waals surface area contributed by atoms with Gasteiger partial charge in [-0.2, -0.15) is 5.10 Å². The Hall–Kier alpha value is -1.25. The molecule has 3 N–H and O–H groups in total. The van der Waals surface area contributed by atoms with Crippen LogP contribution < -0.4 is 5.84 Å². The number of hydrogen-bond acceptors (Lipinski definition) is 3. The first kappa shape index (κ1) is 6.86. The lowest BCUT2D eigenvalue weighted by Gasteiger charge is -2.08. The molecule has 0 saturated carbocycles. The monoisotopic (exact) mass is 138 g/mol. The topological polar surface area (TPSA) is 58.6 Å². The highest BCUT2D eigenvalue weighted by molar-refractivity contribution is 6.02. The van der Waals surface area contributed by atoms with Gasteiger partial charge in [0.05, 0.1) is 5.71 Å². The quantitative estimate of drug-likeness (QED) is 0.389. The molecule has 0 unspecified atom stereocenters. The van der Waals surface area contributed by atoms with Gasteiger partial charge in [-0.1, -0.05) is 6.08 Å². The maximum Gasteiger partial charge on any atom is 0.120 e. The normalized spacial score (nSPS) is 22.3. The smallest absolute Gasteiger partial charge is 0.120 e. The van der Waals surface area contributed by atoms with E-state index in [2.05, 4.69) is 5.10 Å². The number of nitrogens with two attached hydrogens (primary N) is 1. The zero-order chi connectivity index (χ0) is 7.56. The SMILES string of the molecule is CC1=C(O)C=CCC1=NN. The Morgan fingerprint density at radius 3 is 2.90 bits per heavy atom. The molecule has 0 bridgehead atoms. The van der Waals surface area contributed by atoms with Crippen molar-refractivity contribution in [3.05, 3.63) is 23.5 Å². The molecule has 0 radical (unpaired) electrons. The fraction of sp³-hybridized carbons (Fsp3) is 0.286. The van der Waals surface area contributed by atoms with Gasteiger partial charge in [-0.15, -0.1) is 0 Å². The van der Waals surface area contributed by atoms with Crippen molar-refractivity contribution >= 4 is 5.71 Å². The lowest BCUT2D eigenvalue weighted by molar-refractivity contribution is 0.427. The standard InChI is InChI=1S/C7H10N2O/c1-5-6(9-8)3-2-4-7(5)10/h2,4,10H,3,8H2,1H3. The van der Waals surface area contributed by atoms with Crippen molar-refractivity contribution < 1.29 is 5.11 Å². The third kappa shape index (κ3) is 1.03. The molecule has 3 heteroatoms. The Kier molecular flexibility index (Phi) is 1.76. The number of hydrogen-bond donors (Lipinski definition) is 2. The highest BCUT2D eigenvalue weighted by Crippen LogP contribution is 2.13. The molecule has 0 heterocycles. The van der Waals surface area contributed by atoms with Crippen LogP contribution in [0.25, 0.3) is 0 Å². The van der Waals surface area contributed by atoms with Crippen LogP contribution in [0.3, 0.4) is 0 Å². The lowest BCUT2D eigenvalue weighted by Crippen LogP contribution is -2.07. The summed E-state index contributed by atoms with van der Waals surface area (Å²) in [5, 5.41) is 12.7. The lowest BCUT2D eigenvalue weighted by atomic mass is 10.0. The first-order valence-electron chi connectivity index (χ1n) is 3.09. The zero-order valence-corrected chi connectivity index (χ0v) is 5.83. The second kappa shape index (κ2) is 2.56. The van der Waals surface area contributed by atoms with Crippen molar-refractivity contribution in [2.75, 3.05) is 0 Å². The molecule has 0 atom stereocenters. The molecular weight excluding hydrogens is 128 g/mol. The molecule has 54 valence electrons. The summed E-state index contributed by atoms with van der Waals surface area (Å²) in [6, 6.07) is 0. The maximum absolute atomic E-state index is 9.14. The predicted molar refractivity (Wildman–Crippen MR) is 40.7 cm³/mol. The van der Waals surface area contributed by atoms with Crippen LogP contribution in [0.15, 0.2) is 28.6 Å². The van der Waals surface area contributed by atoms with Crippen molar-refractivity contribution in [2.24, 2.45) is 10.9 Å². The highest BCUT2D eigenvalue weighted by atomic mass is 16.3. The van der Waals surface area contributed by atoms with Crippen LogP contribution in [0.5, 0.6) is 0 Å². The summed E-state index contributed by atoms with van der Waals surface area (Å²) in [7, 11) is 0. The van der Waals surface area contributed by atoms with E-state index in [4.69, 9.17) is 10.9 Å². The van der Waals surface area contributed by atoms with Crippen LogP contribution in [-0.2, 0) is 0 Å². The molecule has 1 aliphatic rings. The minimum Gasteiger partial charge on any atom is -0.508 e. The van der Waals surface area contributed by atoms with Crippen molar-refractivity contribution in [3.8, 4) is 0 Å². The van der Waals surface area contributed by atoms with Gasteiger partial charge in [-0.3, -0.25) is 0 Å². The summed E-state index contributed by atoms with van der Waals surface area (Å²) in [5.41, 5.74) is 1.52. The molecule has 0 aromatic heterocycles. The van der Waals surface area contributed by atoms with Crippen LogP contribution in [-0.4, -0.2) is 10.8 Å². The second-order valence-electron chi connectivity index (χ2n) is 2.19. The largest absolute Gasteiger partial charge is 0.508 e. The first-order chi connectivity index (χ1) is 4.75. The Morgan fingerprint density at radius 2 is 2.40 bits per heavy atom. The van der Waals surface area contributed by atoms with Crippen LogP contribution in [0.1, 0.15) is 13.3 Å². The van der Waals surface area contributed by atoms with Crippen molar-refractivity contribution in [1.82, 2.24) is 0 Å². The fourth-order valence-electron chi connectivity index (χ4n) is 0.858. The van der Waals surface area contributed by atoms with Gasteiger partial charge < -0.3 is 10.9 Å². The second-order valence-corrected chi connectivity index (χ2v) is 2.19. The molecule has 0 fully saturated rings. The van der Waals surface area contributed by atoms with Crippen molar-refractivity contribution in [1.29, 1.82) is 0 Å². The summed E-state index contributed by atoms with van der Waals surface area (Å²) in [6.07, 6.45) is 4.20. The van der Waals surface area contributed by atoms with E-state index in [1.54, 1.807) is 13.0 Å². The number of hydrazone groups is 1. The van der Waals surface area contributed by atoms with Gasteiger partial charge in [0.1, 0.15) is 5.76 Å². The summed E-state index contributed by atoms with van der Waals surface area (Å²) in [4.78, 5) is 0. The molecule has 10 heavy (non-hydrogen) atoms. The average molecular weight is 138 g/mol. The van der Waals surface area contributed by atoms with E-state index in [0.29, 0.717) is 6.42 Å². The van der Waals surface area contributed by atoms with E-state index in [0.717, 1.165) is 11.3 Å². The predicted octanol–water partition coefficient (Wildman–Crippen LogP) is 1.09. The summed E-state index contributed by atoms with van der Waals surface area (Å²) < 4.78 is 0. The molecule has 0 aromatic rings. The van der Waals surface area contributed by atoms with Gasteiger partial charge in [-0.05, 0) is 13.0 Å². The minimum absolute atomic E-state index is 0.260. The third-order valence-electron chi connectivity index (χ3n) is 1.56. The Bertz CT molecular complexity index is 226. The van der Waals surface area contributed by atoms with Crippen LogP contribution in [0.4, 0.5) is 0 Å². The minimum atomic E-state index is 0.260.